The zero-order valence-corrected chi connectivity index (χ0v) is 16.9. The summed E-state index contributed by atoms with van der Waals surface area (Å²) in [5.41, 5.74) is 0.955. The summed E-state index contributed by atoms with van der Waals surface area (Å²) < 4.78 is 0. The molecule has 3 amide bonds. The predicted octanol–water partition coefficient (Wildman–Crippen LogP) is 2.42. The Labute approximate surface area is 170 Å². The highest BCUT2D eigenvalue weighted by Gasteiger charge is 2.35. The highest BCUT2D eigenvalue weighted by Crippen LogP contribution is 2.34. The minimum Gasteiger partial charge on any atom is -0.353 e. The van der Waals surface area contributed by atoms with E-state index in [1.165, 1.54) is 0 Å². The van der Waals surface area contributed by atoms with Crippen molar-refractivity contribution < 1.29 is 14.4 Å². The summed E-state index contributed by atoms with van der Waals surface area (Å²) in [6.07, 6.45) is 4.10. The quantitative estimate of drug-likeness (QED) is 0.823. The summed E-state index contributed by atoms with van der Waals surface area (Å²) in [6, 6.07) is 8.04. The van der Waals surface area contributed by atoms with E-state index in [2.05, 4.69) is 5.32 Å². The number of para-hydroxylation sites is 1. The molecule has 0 atom stereocenters. The van der Waals surface area contributed by atoms with Gasteiger partial charge in [-0.25, -0.2) is 0 Å². The van der Waals surface area contributed by atoms with E-state index in [0.717, 1.165) is 55.1 Å². The van der Waals surface area contributed by atoms with Crippen molar-refractivity contribution in [2.75, 3.05) is 30.3 Å². The molecule has 7 heteroatoms. The predicted molar refractivity (Wildman–Crippen MR) is 109 cm³/mol. The first-order valence-corrected chi connectivity index (χ1v) is 11.2. The van der Waals surface area contributed by atoms with Gasteiger partial charge in [-0.3, -0.25) is 14.4 Å². The number of thioether (sulfide) groups is 1. The molecule has 2 fully saturated rings. The van der Waals surface area contributed by atoms with E-state index in [1.54, 1.807) is 16.7 Å². The van der Waals surface area contributed by atoms with Crippen molar-refractivity contribution >= 4 is 35.2 Å². The van der Waals surface area contributed by atoms with Gasteiger partial charge >= 0.3 is 0 Å². The summed E-state index contributed by atoms with van der Waals surface area (Å²) >= 11 is 1.76. The van der Waals surface area contributed by atoms with Crippen molar-refractivity contribution in [3.05, 3.63) is 24.3 Å². The van der Waals surface area contributed by atoms with Crippen LogP contribution in [0.3, 0.4) is 0 Å². The molecule has 0 spiro atoms. The Morgan fingerprint density at radius 2 is 1.75 bits per heavy atom. The summed E-state index contributed by atoms with van der Waals surface area (Å²) in [7, 11) is 0. The van der Waals surface area contributed by atoms with Crippen LogP contribution in [0, 0.1) is 5.92 Å². The molecule has 1 aliphatic carbocycles. The fourth-order valence-corrected chi connectivity index (χ4v) is 4.91. The smallest absolute Gasteiger partial charge is 0.227 e. The Bertz CT molecular complexity index is 757. The van der Waals surface area contributed by atoms with E-state index in [9.17, 15) is 14.4 Å². The van der Waals surface area contributed by atoms with E-state index in [4.69, 9.17) is 0 Å². The number of benzene rings is 1. The molecule has 2 aliphatic heterocycles. The molecular weight excluding hydrogens is 374 g/mol. The number of fused-ring (bicyclic) bond motifs is 1. The normalized spacial score (nSPS) is 19.9. The second-order valence-corrected chi connectivity index (χ2v) is 8.94. The van der Waals surface area contributed by atoms with Gasteiger partial charge in [-0.1, -0.05) is 12.1 Å². The molecule has 1 aromatic carbocycles. The number of nitrogens with zero attached hydrogens (tertiary/aromatic N) is 2. The van der Waals surface area contributed by atoms with Gasteiger partial charge < -0.3 is 15.1 Å². The molecule has 1 saturated carbocycles. The van der Waals surface area contributed by atoms with Crippen molar-refractivity contribution in [2.45, 2.75) is 49.5 Å². The van der Waals surface area contributed by atoms with Crippen LogP contribution in [0.2, 0.25) is 0 Å². The number of hydrogen-bond donors (Lipinski definition) is 1. The third-order valence-corrected chi connectivity index (χ3v) is 6.74. The standard InChI is InChI=1S/C21H27N3O3S/c25-19(22-16-9-11-23(12-10-16)21(27)15-5-6-15)7-8-20(26)24-13-14-28-18-4-2-1-3-17(18)24/h1-4,15-16H,5-14H2,(H,22,25). The molecule has 2 heterocycles. The maximum atomic E-state index is 12.6. The number of rotatable bonds is 5. The highest BCUT2D eigenvalue weighted by atomic mass is 32.2. The molecule has 0 aromatic heterocycles. The monoisotopic (exact) mass is 401 g/mol. The maximum Gasteiger partial charge on any atom is 0.227 e. The van der Waals surface area contributed by atoms with Gasteiger partial charge in [0.15, 0.2) is 0 Å². The molecule has 6 nitrogen and oxygen atoms in total. The summed E-state index contributed by atoms with van der Waals surface area (Å²) in [5, 5.41) is 3.05. The Hall–Kier alpha value is -2.02. The van der Waals surface area contributed by atoms with Crippen molar-refractivity contribution in [1.82, 2.24) is 10.2 Å². The van der Waals surface area contributed by atoms with E-state index < -0.39 is 0 Å². The van der Waals surface area contributed by atoms with Crippen LogP contribution in [-0.4, -0.2) is 54.1 Å². The van der Waals surface area contributed by atoms with Crippen LogP contribution in [-0.2, 0) is 14.4 Å². The van der Waals surface area contributed by atoms with Crippen molar-refractivity contribution in [3.63, 3.8) is 0 Å². The molecule has 3 aliphatic rings. The maximum absolute atomic E-state index is 12.6. The van der Waals surface area contributed by atoms with E-state index >= 15 is 0 Å². The van der Waals surface area contributed by atoms with Crippen LogP contribution in [0.25, 0.3) is 0 Å². The third-order valence-electron chi connectivity index (χ3n) is 5.69. The Kier molecular flexibility index (Phi) is 5.90. The van der Waals surface area contributed by atoms with Crippen molar-refractivity contribution in [3.8, 4) is 0 Å². The number of hydrogen-bond acceptors (Lipinski definition) is 4. The molecular formula is C21H27N3O3S. The molecule has 0 radical (unpaired) electrons. The molecule has 150 valence electrons. The van der Waals surface area contributed by atoms with E-state index in [1.807, 2.05) is 29.2 Å². The highest BCUT2D eigenvalue weighted by molar-refractivity contribution is 7.99. The molecule has 0 bridgehead atoms. The van der Waals surface area contributed by atoms with Gasteiger partial charge in [0.05, 0.1) is 5.69 Å². The third kappa shape index (κ3) is 4.51. The van der Waals surface area contributed by atoms with Crippen molar-refractivity contribution in [2.24, 2.45) is 5.92 Å². The van der Waals surface area contributed by atoms with Crippen molar-refractivity contribution in [1.29, 1.82) is 0 Å². The average Bonchev–Trinajstić information content (AvgIpc) is 3.57. The fourth-order valence-electron chi connectivity index (χ4n) is 3.92. The molecule has 28 heavy (non-hydrogen) atoms. The number of anilines is 1. The van der Waals surface area contributed by atoms with Gasteiger partial charge in [0, 0.05) is 55.1 Å². The first-order chi connectivity index (χ1) is 13.6. The number of nitrogens with one attached hydrogen (secondary N) is 1. The lowest BCUT2D eigenvalue weighted by Crippen LogP contribution is -2.47. The summed E-state index contributed by atoms with van der Waals surface area (Å²) in [5.74, 6) is 1.37. The molecule has 1 aromatic rings. The van der Waals surface area contributed by atoms with Gasteiger partial charge in [-0.2, -0.15) is 0 Å². The Morgan fingerprint density at radius 3 is 2.50 bits per heavy atom. The largest absolute Gasteiger partial charge is 0.353 e. The number of carbonyl (C=O) groups is 3. The first-order valence-electron chi connectivity index (χ1n) is 10.2. The minimum atomic E-state index is -0.0695. The van der Waals surface area contributed by atoms with Gasteiger partial charge in [0.2, 0.25) is 17.7 Å². The number of piperidine rings is 1. The topological polar surface area (TPSA) is 69.7 Å². The first kappa shape index (κ1) is 19.3. The van der Waals surface area contributed by atoms with Crippen LogP contribution in [0.15, 0.2) is 29.2 Å². The Morgan fingerprint density at radius 1 is 1.00 bits per heavy atom. The molecule has 4 rings (SSSR count). The lowest BCUT2D eigenvalue weighted by Gasteiger charge is -2.32. The minimum absolute atomic E-state index is 0.00718. The van der Waals surface area contributed by atoms with Crippen LogP contribution in [0.1, 0.15) is 38.5 Å². The fraction of sp³-hybridized carbons (Fsp3) is 0.571. The van der Waals surface area contributed by atoms with Crippen LogP contribution in [0.4, 0.5) is 5.69 Å². The zero-order valence-electron chi connectivity index (χ0n) is 16.1. The van der Waals surface area contributed by atoms with Gasteiger partial charge in [-0.05, 0) is 37.8 Å². The summed E-state index contributed by atoms with van der Waals surface area (Å²) in [4.78, 5) is 41.9. The van der Waals surface area contributed by atoms with Crippen LogP contribution < -0.4 is 10.2 Å². The second kappa shape index (κ2) is 8.55. The Balaban J connectivity index is 1.21. The second-order valence-electron chi connectivity index (χ2n) is 7.80. The number of carbonyl (C=O) groups excluding carboxylic acids is 3. The van der Waals surface area contributed by atoms with Gasteiger partial charge in [0.1, 0.15) is 0 Å². The van der Waals surface area contributed by atoms with Gasteiger partial charge in [-0.15, -0.1) is 11.8 Å². The zero-order chi connectivity index (χ0) is 19.5. The van der Waals surface area contributed by atoms with Crippen LogP contribution in [0.5, 0.6) is 0 Å². The SMILES string of the molecule is O=C(CCC(=O)N1CCSc2ccccc21)NC1CCN(C(=O)C2CC2)CC1. The molecule has 1 saturated heterocycles. The van der Waals surface area contributed by atoms with Crippen LogP contribution >= 0.6 is 11.8 Å². The lowest BCUT2D eigenvalue weighted by molar-refractivity contribution is -0.133. The molecule has 1 N–H and O–H groups in total. The van der Waals surface area contributed by atoms with Gasteiger partial charge in [0.25, 0.3) is 0 Å². The number of amides is 3. The average molecular weight is 402 g/mol. The summed E-state index contributed by atoms with van der Waals surface area (Å²) in [6.45, 7) is 2.14. The molecule has 0 unspecified atom stereocenters. The number of likely N-dealkylation sites (tertiary alicyclic amines) is 1. The van der Waals surface area contributed by atoms with E-state index in [-0.39, 0.29) is 42.5 Å². The van der Waals surface area contributed by atoms with E-state index in [0.29, 0.717) is 6.54 Å². The lowest BCUT2D eigenvalue weighted by atomic mass is 10.0.